The molecule has 1 aromatic rings. The third kappa shape index (κ3) is 4.18. The molecule has 2 rings (SSSR count). The summed E-state index contributed by atoms with van der Waals surface area (Å²) < 4.78 is 0.814. The summed E-state index contributed by atoms with van der Waals surface area (Å²) in [6.07, 6.45) is 4.79. The molecule has 100 valence electrons. The summed E-state index contributed by atoms with van der Waals surface area (Å²) in [7, 11) is 0. The fraction of sp³-hybridized carbons (Fsp3) is 0.615. The predicted molar refractivity (Wildman–Crippen MR) is 80.5 cm³/mol. The Bertz CT molecular complexity index is 401. The number of halogens is 1. The highest BCUT2D eigenvalue weighted by Crippen LogP contribution is 2.27. The van der Waals surface area contributed by atoms with Crippen LogP contribution in [0, 0.1) is 0 Å². The van der Waals surface area contributed by atoms with Crippen LogP contribution in [0.1, 0.15) is 37.5 Å². The summed E-state index contributed by atoms with van der Waals surface area (Å²) in [5, 5.41) is 3.14. The average molecular weight is 304 g/mol. The van der Waals surface area contributed by atoms with Crippen molar-refractivity contribution in [2.45, 2.75) is 49.7 Å². The van der Waals surface area contributed by atoms with Crippen molar-refractivity contribution in [3.63, 3.8) is 0 Å². The lowest BCUT2D eigenvalue weighted by atomic mass is 10.2. The zero-order valence-corrected chi connectivity index (χ0v) is 12.8. The molecular formula is C13H18ClNOS2. The molecule has 1 atom stereocenters. The van der Waals surface area contributed by atoms with Gasteiger partial charge in [0, 0.05) is 16.7 Å². The first kappa shape index (κ1) is 14.2. The van der Waals surface area contributed by atoms with Gasteiger partial charge < -0.3 is 5.32 Å². The van der Waals surface area contributed by atoms with Crippen LogP contribution >= 0.6 is 34.7 Å². The van der Waals surface area contributed by atoms with Crippen molar-refractivity contribution in [2.75, 3.05) is 0 Å². The maximum Gasteiger partial charge on any atom is 0.233 e. The highest BCUT2D eigenvalue weighted by molar-refractivity contribution is 7.99. The van der Waals surface area contributed by atoms with Gasteiger partial charge in [-0.15, -0.1) is 23.1 Å². The number of thiophene rings is 1. The van der Waals surface area contributed by atoms with Crippen LogP contribution in [0.3, 0.4) is 0 Å². The largest absolute Gasteiger partial charge is 0.352 e. The van der Waals surface area contributed by atoms with Crippen molar-refractivity contribution >= 4 is 40.6 Å². The molecule has 0 aliphatic heterocycles. The predicted octanol–water partition coefficient (Wildman–Crippen LogP) is 4.08. The van der Waals surface area contributed by atoms with Crippen LogP contribution in [0.2, 0.25) is 4.34 Å². The van der Waals surface area contributed by atoms with Crippen molar-refractivity contribution < 1.29 is 4.79 Å². The van der Waals surface area contributed by atoms with Crippen molar-refractivity contribution in [2.24, 2.45) is 0 Å². The van der Waals surface area contributed by atoms with E-state index in [1.54, 1.807) is 23.1 Å². The Morgan fingerprint density at radius 1 is 1.56 bits per heavy atom. The summed E-state index contributed by atoms with van der Waals surface area (Å²) in [6, 6.07) is 4.35. The van der Waals surface area contributed by atoms with E-state index in [2.05, 4.69) is 5.32 Å². The summed E-state index contributed by atoms with van der Waals surface area (Å²) >= 11 is 9.14. The molecule has 1 N–H and O–H groups in total. The van der Waals surface area contributed by atoms with Crippen molar-refractivity contribution in [3.8, 4) is 0 Å². The van der Waals surface area contributed by atoms with Gasteiger partial charge in [0.15, 0.2) is 0 Å². The summed E-state index contributed by atoms with van der Waals surface area (Å²) in [6.45, 7) is 1.98. The van der Waals surface area contributed by atoms with E-state index < -0.39 is 0 Å². The second-order valence-electron chi connectivity index (χ2n) is 4.65. The van der Waals surface area contributed by atoms with Gasteiger partial charge in [-0.25, -0.2) is 0 Å². The van der Waals surface area contributed by atoms with Gasteiger partial charge in [0.1, 0.15) is 0 Å². The van der Waals surface area contributed by atoms with Crippen LogP contribution < -0.4 is 5.32 Å². The number of carbonyl (C=O) groups excluding carboxylic acids is 1. The number of hydrogen-bond donors (Lipinski definition) is 1. The molecule has 1 amide bonds. The van der Waals surface area contributed by atoms with Gasteiger partial charge >= 0.3 is 0 Å². The van der Waals surface area contributed by atoms with E-state index in [1.807, 2.05) is 19.1 Å². The third-order valence-electron chi connectivity index (χ3n) is 3.18. The Kier molecular flexibility index (Phi) is 5.39. The molecule has 0 spiro atoms. The molecule has 1 fully saturated rings. The van der Waals surface area contributed by atoms with Crippen LogP contribution in [0.4, 0.5) is 0 Å². The molecule has 0 aromatic carbocycles. The molecule has 5 heteroatoms. The maximum absolute atomic E-state index is 12.0. The molecule has 1 heterocycles. The van der Waals surface area contributed by atoms with Crippen molar-refractivity contribution in [1.82, 2.24) is 5.32 Å². The second-order valence-corrected chi connectivity index (χ2v) is 7.78. The zero-order chi connectivity index (χ0) is 13.0. The first-order valence-corrected chi connectivity index (χ1v) is 8.55. The number of nitrogens with one attached hydrogen (secondary N) is 1. The van der Waals surface area contributed by atoms with E-state index >= 15 is 0 Å². The van der Waals surface area contributed by atoms with Gasteiger partial charge in [0.25, 0.3) is 0 Å². The van der Waals surface area contributed by atoms with Crippen molar-refractivity contribution in [1.29, 1.82) is 0 Å². The fourth-order valence-electron chi connectivity index (χ4n) is 2.10. The Morgan fingerprint density at radius 3 is 2.89 bits per heavy atom. The quantitative estimate of drug-likeness (QED) is 0.888. The molecule has 18 heavy (non-hydrogen) atoms. The van der Waals surface area contributed by atoms with Crippen LogP contribution in [0.5, 0.6) is 0 Å². The van der Waals surface area contributed by atoms with E-state index in [9.17, 15) is 4.79 Å². The number of hydrogen-bond acceptors (Lipinski definition) is 3. The Balaban J connectivity index is 1.73. The minimum atomic E-state index is 0.00600. The Morgan fingerprint density at radius 2 is 2.28 bits per heavy atom. The topological polar surface area (TPSA) is 29.1 Å². The first-order valence-electron chi connectivity index (χ1n) is 6.31. The van der Waals surface area contributed by atoms with Crippen LogP contribution in [0.25, 0.3) is 0 Å². The number of carbonyl (C=O) groups is 1. The standard InChI is InChI=1S/C13H18ClNOS2/c1-9(13(16)15-10-4-2-3-5-10)17-8-11-6-7-12(14)18-11/h6-7,9-10H,2-5,8H2,1H3,(H,15,16)/t9-/m1/s1. The molecule has 0 unspecified atom stereocenters. The van der Waals surface area contributed by atoms with Crippen molar-refractivity contribution in [3.05, 3.63) is 21.3 Å². The molecule has 0 radical (unpaired) electrons. The van der Waals surface area contributed by atoms with Crippen LogP contribution in [-0.4, -0.2) is 17.2 Å². The molecule has 0 saturated heterocycles. The second kappa shape index (κ2) is 6.83. The Hall–Kier alpha value is -0.190. The van der Waals surface area contributed by atoms with Crippen LogP contribution in [-0.2, 0) is 10.5 Å². The number of amides is 1. The lowest BCUT2D eigenvalue weighted by molar-refractivity contribution is -0.120. The molecule has 2 nitrogen and oxygen atoms in total. The maximum atomic E-state index is 12.0. The lowest BCUT2D eigenvalue weighted by Crippen LogP contribution is -2.37. The van der Waals surface area contributed by atoms with Gasteiger partial charge in [-0.05, 0) is 31.9 Å². The van der Waals surface area contributed by atoms with E-state index in [-0.39, 0.29) is 11.2 Å². The average Bonchev–Trinajstić information content (AvgIpc) is 2.97. The normalized spacial score (nSPS) is 17.9. The zero-order valence-electron chi connectivity index (χ0n) is 10.4. The smallest absolute Gasteiger partial charge is 0.233 e. The Labute approximate surface area is 121 Å². The lowest BCUT2D eigenvalue weighted by Gasteiger charge is -2.16. The number of rotatable bonds is 5. The third-order valence-corrected chi connectivity index (χ3v) is 5.78. The van der Waals surface area contributed by atoms with E-state index in [0.717, 1.165) is 22.9 Å². The SMILES string of the molecule is C[C@@H](SCc1ccc(Cl)s1)C(=O)NC1CCCC1. The van der Waals surface area contributed by atoms with Gasteiger partial charge in [-0.3, -0.25) is 4.79 Å². The summed E-state index contributed by atoms with van der Waals surface area (Å²) in [5.41, 5.74) is 0. The summed E-state index contributed by atoms with van der Waals surface area (Å²) in [5.74, 6) is 1.03. The highest BCUT2D eigenvalue weighted by Gasteiger charge is 2.20. The minimum absolute atomic E-state index is 0.00600. The van der Waals surface area contributed by atoms with Gasteiger partial charge in [0.2, 0.25) is 5.91 Å². The number of thioether (sulfide) groups is 1. The monoisotopic (exact) mass is 303 g/mol. The minimum Gasteiger partial charge on any atom is -0.352 e. The van der Waals surface area contributed by atoms with Gasteiger partial charge in [0.05, 0.1) is 9.59 Å². The molecule has 1 saturated carbocycles. The van der Waals surface area contributed by atoms with Gasteiger partial charge in [-0.2, -0.15) is 0 Å². The molecular weight excluding hydrogens is 286 g/mol. The fourth-order valence-corrected chi connectivity index (χ4v) is 4.15. The summed E-state index contributed by atoms with van der Waals surface area (Å²) in [4.78, 5) is 13.2. The van der Waals surface area contributed by atoms with Gasteiger partial charge in [-0.1, -0.05) is 24.4 Å². The first-order chi connectivity index (χ1) is 8.65. The van der Waals surface area contributed by atoms with E-state index in [0.29, 0.717) is 6.04 Å². The van der Waals surface area contributed by atoms with Crippen LogP contribution in [0.15, 0.2) is 12.1 Å². The molecule has 1 aliphatic rings. The molecule has 1 aliphatic carbocycles. The highest BCUT2D eigenvalue weighted by atomic mass is 35.5. The van der Waals surface area contributed by atoms with E-state index in [4.69, 9.17) is 11.6 Å². The van der Waals surface area contributed by atoms with E-state index in [1.165, 1.54) is 17.7 Å². The molecule has 0 bridgehead atoms. The molecule has 1 aromatic heterocycles.